The van der Waals surface area contributed by atoms with E-state index in [1.54, 1.807) is 45.8 Å². The summed E-state index contributed by atoms with van der Waals surface area (Å²) < 4.78 is 31.7. The van der Waals surface area contributed by atoms with Gasteiger partial charge in [0, 0.05) is 37.1 Å². The van der Waals surface area contributed by atoms with E-state index in [4.69, 9.17) is 0 Å². The van der Waals surface area contributed by atoms with Crippen molar-refractivity contribution in [3.05, 3.63) is 82.9 Å². The van der Waals surface area contributed by atoms with Gasteiger partial charge in [0.2, 0.25) is 0 Å². The van der Waals surface area contributed by atoms with Crippen molar-refractivity contribution in [3.8, 4) is 0 Å². The lowest BCUT2D eigenvalue weighted by atomic mass is 10.2. The minimum Gasteiger partial charge on any atom is -0.368 e. The van der Waals surface area contributed by atoms with Crippen LogP contribution in [-0.2, 0) is 25.9 Å². The van der Waals surface area contributed by atoms with E-state index >= 15 is 0 Å². The first kappa shape index (κ1) is 28.0. The van der Waals surface area contributed by atoms with Gasteiger partial charge in [0.15, 0.2) is 34.0 Å². The topological polar surface area (TPSA) is 137 Å². The summed E-state index contributed by atoms with van der Waals surface area (Å²) in [6, 6.07) is 13.2. The van der Waals surface area contributed by atoms with Crippen LogP contribution < -0.4 is 10.6 Å². The van der Waals surface area contributed by atoms with Gasteiger partial charge in [-0.25, -0.2) is 38.1 Å². The van der Waals surface area contributed by atoms with Crippen LogP contribution in [-0.4, -0.2) is 63.0 Å². The first-order valence-corrected chi connectivity index (χ1v) is 14.2. The molecular weight excluding hydrogens is 554 g/mol. The van der Waals surface area contributed by atoms with Crippen molar-refractivity contribution in [2.24, 2.45) is 0 Å². The van der Waals surface area contributed by atoms with Crippen LogP contribution in [0.2, 0.25) is 0 Å². The van der Waals surface area contributed by atoms with Crippen LogP contribution in [0.5, 0.6) is 0 Å². The van der Waals surface area contributed by atoms with Crippen molar-refractivity contribution >= 4 is 34.0 Å². The summed E-state index contributed by atoms with van der Waals surface area (Å²) in [5.74, 6) is 1.83. The van der Waals surface area contributed by atoms with E-state index in [-0.39, 0.29) is 24.7 Å². The Morgan fingerprint density at radius 2 is 1.07 bits per heavy atom. The van der Waals surface area contributed by atoms with E-state index in [0.717, 1.165) is 0 Å². The van der Waals surface area contributed by atoms with Crippen LogP contribution in [0.1, 0.15) is 43.0 Å². The van der Waals surface area contributed by atoms with E-state index in [2.05, 4.69) is 51.2 Å². The highest BCUT2D eigenvalue weighted by Gasteiger charge is 2.17. The number of aryl methyl sites for hydroxylation is 2. The highest BCUT2D eigenvalue weighted by molar-refractivity contribution is 5.83. The molecule has 0 radical (unpaired) electrons. The number of nitrogens with one attached hydrogen (secondary N) is 2. The van der Waals surface area contributed by atoms with Gasteiger partial charge in [-0.05, 0) is 18.6 Å². The monoisotopic (exact) mass is 584 g/mol. The molecule has 0 amide bonds. The van der Waals surface area contributed by atoms with Crippen LogP contribution in [0.25, 0.3) is 22.3 Å². The molecule has 4 heterocycles. The van der Waals surface area contributed by atoms with E-state index in [9.17, 15) is 8.78 Å². The molecule has 0 saturated carbocycles. The van der Waals surface area contributed by atoms with Crippen molar-refractivity contribution in [2.45, 2.75) is 46.2 Å². The number of nitrogens with zero attached hydrogens (tertiary/aromatic N) is 10. The average molecular weight is 585 g/mol. The minimum atomic E-state index is -0.304. The van der Waals surface area contributed by atoms with Crippen LogP contribution in [0.4, 0.5) is 20.4 Å². The van der Waals surface area contributed by atoms with Gasteiger partial charge in [0.25, 0.3) is 0 Å². The molecule has 43 heavy (non-hydrogen) atoms. The third-order valence-electron chi connectivity index (χ3n) is 6.95. The molecule has 2 aromatic carbocycles. The molecule has 6 aromatic rings. The molecule has 0 atom stereocenters. The highest BCUT2D eigenvalue weighted by atomic mass is 19.1. The number of hydrogen-bond acceptors (Lipinski definition) is 10. The second-order valence-corrected chi connectivity index (χ2v) is 9.91. The first-order chi connectivity index (χ1) is 21.0. The molecule has 12 nitrogen and oxygen atoms in total. The third-order valence-corrected chi connectivity index (χ3v) is 6.95. The van der Waals surface area contributed by atoms with Crippen LogP contribution in [0.15, 0.2) is 48.5 Å². The highest BCUT2D eigenvalue weighted by Crippen LogP contribution is 2.21. The third kappa shape index (κ3) is 5.94. The number of halogens is 2. The van der Waals surface area contributed by atoms with E-state index in [0.29, 0.717) is 89.1 Å². The maximum absolute atomic E-state index is 14.3. The van der Waals surface area contributed by atoms with E-state index in [1.165, 1.54) is 12.1 Å². The zero-order valence-corrected chi connectivity index (χ0v) is 23.8. The molecule has 6 rings (SSSR count). The van der Waals surface area contributed by atoms with Gasteiger partial charge in [0.1, 0.15) is 23.3 Å². The summed E-state index contributed by atoms with van der Waals surface area (Å²) >= 11 is 0. The number of anilines is 2. The van der Waals surface area contributed by atoms with Crippen LogP contribution >= 0.6 is 0 Å². The Kier molecular flexibility index (Phi) is 8.07. The molecule has 0 saturated heterocycles. The summed E-state index contributed by atoms with van der Waals surface area (Å²) in [5, 5.41) is 23.7. The number of aromatic nitrogens is 10. The summed E-state index contributed by atoms with van der Waals surface area (Å²) in [5.41, 5.74) is 3.15. The molecule has 14 heteroatoms. The quantitative estimate of drug-likeness (QED) is 0.202. The van der Waals surface area contributed by atoms with E-state index in [1.807, 2.05) is 13.8 Å². The van der Waals surface area contributed by atoms with Crippen molar-refractivity contribution in [1.82, 2.24) is 49.9 Å². The molecule has 0 aliphatic heterocycles. The fraction of sp³-hybridized carbons (Fsp3) is 0.310. The fourth-order valence-corrected chi connectivity index (χ4v) is 4.66. The van der Waals surface area contributed by atoms with Gasteiger partial charge in [-0.15, -0.1) is 10.2 Å². The largest absolute Gasteiger partial charge is 0.368 e. The molecule has 0 unspecified atom stereocenters. The van der Waals surface area contributed by atoms with E-state index < -0.39 is 0 Å². The van der Waals surface area contributed by atoms with Crippen molar-refractivity contribution in [2.75, 3.05) is 23.7 Å². The maximum atomic E-state index is 14.3. The van der Waals surface area contributed by atoms with Gasteiger partial charge in [-0.1, -0.05) is 60.7 Å². The van der Waals surface area contributed by atoms with Gasteiger partial charge < -0.3 is 10.6 Å². The van der Waals surface area contributed by atoms with Crippen molar-refractivity contribution in [3.63, 3.8) is 0 Å². The Morgan fingerprint density at radius 3 is 1.49 bits per heavy atom. The molecule has 0 aliphatic carbocycles. The molecule has 0 bridgehead atoms. The molecule has 2 N–H and O–H groups in total. The maximum Gasteiger partial charge on any atom is 0.184 e. The Labute approximate surface area is 245 Å². The van der Waals surface area contributed by atoms with Crippen molar-refractivity contribution < 1.29 is 8.78 Å². The average Bonchev–Trinajstić information content (AvgIpc) is 3.63. The molecule has 4 aromatic heterocycles. The molecular formula is C29H30F2N12. The SMILES string of the molecule is CCc1nc(NCCCNc2nc(CC)nc3c2nnn3Cc2ccccc2F)c2nnn(Cc3ccccc3F)c2n1. The van der Waals surface area contributed by atoms with Gasteiger partial charge in [0.05, 0.1) is 13.1 Å². The molecule has 0 aliphatic rings. The summed E-state index contributed by atoms with van der Waals surface area (Å²) in [6.45, 7) is 5.53. The Morgan fingerprint density at radius 1 is 0.628 bits per heavy atom. The second-order valence-electron chi connectivity index (χ2n) is 9.91. The summed E-state index contributed by atoms with van der Waals surface area (Å²) in [6.07, 6.45) is 1.96. The summed E-state index contributed by atoms with van der Waals surface area (Å²) in [7, 11) is 0. The van der Waals surface area contributed by atoms with Gasteiger partial charge >= 0.3 is 0 Å². The second kappa shape index (κ2) is 12.4. The normalized spacial score (nSPS) is 11.4. The smallest absolute Gasteiger partial charge is 0.184 e. The molecule has 0 spiro atoms. The molecule has 220 valence electrons. The summed E-state index contributed by atoms with van der Waals surface area (Å²) in [4.78, 5) is 18.4. The predicted octanol–water partition coefficient (Wildman–Crippen LogP) is 4.17. The number of hydrogen-bond donors (Lipinski definition) is 2. The Hall–Kier alpha value is -5.14. The fourth-order valence-electron chi connectivity index (χ4n) is 4.66. The lowest BCUT2D eigenvalue weighted by Crippen LogP contribution is -2.13. The molecule has 0 fully saturated rings. The number of rotatable bonds is 12. The zero-order chi connectivity index (χ0) is 29.8. The Balaban J connectivity index is 1.14. The standard InChI is InChI=1S/C29H30F2N12/c1-3-22-34-26(24-28(36-22)42(40-38-24)16-18-10-5-7-12-20(18)30)32-14-9-15-33-27-25-29(37-23(4-2)35-27)43(41-39-25)17-19-11-6-8-13-21(19)31/h5-8,10-13H,3-4,9,14-17H2,1-2H3,(H,32,34,36)(H,33,35,37). The Bertz CT molecular complexity index is 1750. The number of fused-ring (bicyclic) bond motifs is 2. The van der Waals surface area contributed by atoms with Crippen molar-refractivity contribution in [1.29, 1.82) is 0 Å². The minimum absolute atomic E-state index is 0.213. The number of benzene rings is 2. The predicted molar refractivity (Wildman–Crippen MR) is 158 cm³/mol. The lowest BCUT2D eigenvalue weighted by molar-refractivity contribution is 0.581. The lowest BCUT2D eigenvalue weighted by Gasteiger charge is -2.10. The van der Waals surface area contributed by atoms with Crippen LogP contribution in [0.3, 0.4) is 0 Å². The first-order valence-electron chi connectivity index (χ1n) is 14.2. The zero-order valence-electron chi connectivity index (χ0n) is 23.8. The van der Waals surface area contributed by atoms with Gasteiger partial charge in [-0.3, -0.25) is 0 Å². The van der Waals surface area contributed by atoms with Gasteiger partial charge in [-0.2, -0.15) is 0 Å². The van der Waals surface area contributed by atoms with Crippen LogP contribution in [0, 0.1) is 11.6 Å².